The van der Waals surface area contributed by atoms with Crippen LogP contribution in [0.25, 0.3) is 11.0 Å². The summed E-state index contributed by atoms with van der Waals surface area (Å²) in [5, 5.41) is 8.57. The number of hydrogen-bond acceptors (Lipinski definition) is 11. The Kier molecular flexibility index (Phi) is 15.9. The highest BCUT2D eigenvalue weighted by Gasteiger charge is 2.34. The molecule has 0 aliphatic heterocycles. The number of carbonyl (C=O) groups is 2. The van der Waals surface area contributed by atoms with Crippen LogP contribution >= 0.6 is 11.6 Å². The molecule has 4 N–H and O–H groups in total. The third-order valence-electron chi connectivity index (χ3n) is 9.30. The summed E-state index contributed by atoms with van der Waals surface area (Å²) >= 11 is 6.51. The Hall–Kier alpha value is -5.65. The Morgan fingerprint density at radius 1 is 0.879 bits per heavy atom. The van der Waals surface area contributed by atoms with Gasteiger partial charge in [-0.05, 0) is 42.8 Å². The largest absolute Gasteiger partial charge is 0.471 e. The maximum atomic E-state index is 14.2. The number of rotatable bonds is 22. The molecule has 1 atom stereocenters. The molecule has 3 heterocycles. The van der Waals surface area contributed by atoms with E-state index in [0.29, 0.717) is 27.5 Å². The zero-order chi connectivity index (χ0) is 41.5. The van der Waals surface area contributed by atoms with Crippen LogP contribution in [0.15, 0.2) is 89.0 Å². The molecule has 2 amide bonds. The van der Waals surface area contributed by atoms with Gasteiger partial charge in [0.1, 0.15) is 17.5 Å². The highest BCUT2D eigenvalue weighted by molar-refractivity contribution is 7.87. The quantitative estimate of drug-likeness (QED) is 0.0453. The van der Waals surface area contributed by atoms with Crippen LogP contribution < -0.4 is 36.5 Å². The number of aromatic nitrogens is 5. The van der Waals surface area contributed by atoms with E-state index in [9.17, 15) is 27.6 Å². The molecular formula is C40H48ClN9O7S. The Labute approximate surface area is 341 Å². The van der Waals surface area contributed by atoms with Crippen molar-refractivity contribution < 1.29 is 22.7 Å². The van der Waals surface area contributed by atoms with E-state index in [2.05, 4.69) is 42.5 Å². The summed E-state index contributed by atoms with van der Waals surface area (Å²) in [7, 11) is -3.54. The van der Waals surface area contributed by atoms with Crippen LogP contribution in [0.1, 0.15) is 89.4 Å². The molecule has 5 rings (SSSR count). The van der Waals surface area contributed by atoms with Gasteiger partial charge in [-0.15, -0.1) is 0 Å². The number of nitrogens with zero attached hydrogens (tertiary/aromatic N) is 5. The van der Waals surface area contributed by atoms with Crippen molar-refractivity contribution in [3.05, 3.63) is 111 Å². The van der Waals surface area contributed by atoms with E-state index in [1.807, 2.05) is 0 Å². The number of unbranched alkanes of at least 4 members (excludes halogenated alkanes) is 9. The van der Waals surface area contributed by atoms with Crippen LogP contribution in [0.5, 0.6) is 5.75 Å². The third-order valence-corrected chi connectivity index (χ3v) is 11.0. The van der Waals surface area contributed by atoms with Gasteiger partial charge in [-0.25, -0.2) is 19.7 Å². The van der Waals surface area contributed by atoms with E-state index < -0.39 is 39.1 Å². The molecule has 0 aliphatic carbocycles. The zero-order valence-corrected chi connectivity index (χ0v) is 34.0. The van der Waals surface area contributed by atoms with Gasteiger partial charge in [-0.3, -0.25) is 23.7 Å². The number of carbonyl (C=O) groups excluding carboxylic acids is 2. The lowest BCUT2D eigenvalue weighted by Gasteiger charge is -2.22. The number of anilines is 3. The number of pyridine rings is 1. The second-order valence-corrected chi connectivity index (χ2v) is 15.6. The summed E-state index contributed by atoms with van der Waals surface area (Å²) in [6.07, 6.45) is 15.7. The fraction of sp³-hybridized carbons (Fsp3) is 0.375. The standard InChI is InChI=1S/C40H48ClN9O7S/c1-3-4-5-6-7-8-9-10-11-12-19-34(51)46-31-17-13-14-18-33(31)57-27-45-28-21-22-30(41)32(24-28)47-39(53)36(49-23-16-15-20-35(49)52)38-48-37-29(25-43-26-44-37)40(54)50(38)58(55,56)42-2/h13-18,20-26,36,42,45H,3-12,19,27H2,1-2H3,(H,46,51)(H,47,53). The van der Waals surface area contributed by atoms with Crippen LogP contribution in [0.2, 0.25) is 5.02 Å². The molecule has 0 bridgehead atoms. The molecule has 2 aromatic carbocycles. The summed E-state index contributed by atoms with van der Waals surface area (Å²) in [4.78, 5) is 65.8. The average molecular weight is 834 g/mol. The zero-order valence-electron chi connectivity index (χ0n) is 32.4. The van der Waals surface area contributed by atoms with E-state index in [1.165, 1.54) is 81.5 Å². The van der Waals surface area contributed by atoms with Crippen molar-refractivity contribution in [3.63, 3.8) is 0 Å². The second kappa shape index (κ2) is 21.2. The first-order valence-corrected chi connectivity index (χ1v) is 21.1. The molecule has 16 nitrogen and oxygen atoms in total. The van der Waals surface area contributed by atoms with Crippen LogP contribution in [-0.4, -0.2) is 57.5 Å². The molecule has 3 aromatic heterocycles. The van der Waals surface area contributed by atoms with E-state index in [-0.39, 0.29) is 34.4 Å². The lowest BCUT2D eigenvalue weighted by Crippen LogP contribution is -2.43. The lowest BCUT2D eigenvalue weighted by molar-refractivity contribution is -0.118. The van der Waals surface area contributed by atoms with Crippen molar-refractivity contribution in [3.8, 4) is 5.75 Å². The molecule has 58 heavy (non-hydrogen) atoms. The van der Waals surface area contributed by atoms with Crippen molar-refractivity contribution >= 4 is 61.7 Å². The predicted molar refractivity (Wildman–Crippen MR) is 225 cm³/mol. The minimum absolute atomic E-state index is 0.0423. The number of nitrogens with one attached hydrogen (secondary N) is 4. The van der Waals surface area contributed by atoms with Crippen LogP contribution in [0.3, 0.4) is 0 Å². The van der Waals surface area contributed by atoms with Gasteiger partial charge in [0.15, 0.2) is 24.2 Å². The number of hydrogen-bond donors (Lipinski definition) is 4. The Bertz CT molecular complexity index is 2420. The van der Waals surface area contributed by atoms with Gasteiger partial charge in [-0.1, -0.05) is 94.5 Å². The van der Waals surface area contributed by atoms with Crippen molar-refractivity contribution in [2.75, 3.05) is 29.7 Å². The number of ether oxygens (including phenoxy) is 1. The average Bonchev–Trinajstić information content (AvgIpc) is 3.21. The summed E-state index contributed by atoms with van der Waals surface area (Å²) in [5.41, 5.74) is -0.901. The number of amides is 2. The van der Waals surface area contributed by atoms with E-state index >= 15 is 0 Å². The molecular weight excluding hydrogens is 786 g/mol. The second-order valence-electron chi connectivity index (χ2n) is 13.5. The number of halogens is 1. The summed E-state index contributed by atoms with van der Waals surface area (Å²) in [6.45, 7) is 2.18. The van der Waals surface area contributed by atoms with Gasteiger partial charge in [0.25, 0.3) is 17.0 Å². The molecule has 308 valence electrons. The van der Waals surface area contributed by atoms with Gasteiger partial charge in [-0.2, -0.15) is 12.4 Å². The van der Waals surface area contributed by atoms with E-state index in [1.54, 1.807) is 30.3 Å². The third kappa shape index (κ3) is 11.5. The first-order valence-electron chi connectivity index (χ1n) is 19.2. The fourth-order valence-electron chi connectivity index (χ4n) is 6.26. The maximum Gasteiger partial charge on any atom is 0.309 e. The van der Waals surface area contributed by atoms with Gasteiger partial charge in [0.05, 0.1) is 16.4 Å². The molecule has 0 radical (unpaired) electrons. The van der Waals surface area contributed by atoms with E-state index in [4.69, 9.17) is 16.3 Å². The fourth-order valence-corrected chi connectivity index (χ4v) is 7.31. The van der Waals surface area contributed by atoms with Gasteiger partial charge in [0, 0.05) is 37.6 Å². The summed E-state index contributed by atoms with van der Waals surface area (Å²) in [5.74, 6) is -1.22. The first-order chi connectivity index (χ1) is 28.0. The summed E-state index contributed by atoms with van der Waals surface area (Å²) in [6, 6.07) is 14.0. The van der Waals surface area contributed by atoms with Gasteiger partial charge in [0.2, 0.25) is 5.91 Å². The molecule has 18 heteroatoms. The Morgan fingerprint density at radius 3 is 2.31 bits per heavy atom. The van der Waals surface area contributed by atoms with Crippen molar-refractivity contribution in [1.29, 1.82) is 0 Å². The van der Waals surface area contributed by atoms with Crippen LogP contribution in [-0.2, 0) is 19.8 Å². The normalized spacial score (nSPS) is 11.9. The highest BCUT2D eigenvalue weighted by Crippen LogP contribution is 2.29. The first kappa shape index (κ1) is 43.5. The summed E-state index contributed by atoms with van der Waals surface area (Å²) < 4.78 is 35.8. The van der Waals surface area contributed by atoms with Gasteiger partial charge < -0.3 is 20.7 Å². The molecule has 5 aromatic rings. The Balaban J connectivity index is 1.27. The van der Waals surface area contributed by atoms with Crippen LogP contribution in [0.4, 0.5) is 17.1 Å². The Morgan fingerprint density at radius 2 is 1.59 bits per heavy atom. The smallest absolute Gasteiger partial charge is 0.309 e. The van der Waals surface area contributed by atoms with Crippen molar-refractivity contribution in [1.82, 2.24) is 28.2 Å². The highest BCUT2D eigenvalue weighted by atomic mass is 35.5. The maximum absolute atomic E-state index is 14.2. The minimum atomic E-state index is -4.63. The topological polar surface area (TPSA) is 208 Å². The molecule has 1 unspecified atom stereocenters. The van der Waals surface area contributed by atoms with Crippen molar-refractivity contribution in [2.24, 2.45) is 0 Å². The lowest BCUT2D eigenvalue weighted by atomic mass is 10.1. The monoisotopic (exact) mass is 833 g/mol. The molecule has 0 saturated heterocycles. The number of fused-ring (bicyclic) bond motifs is 1. The van der Waals surface area contributed by atoms with Crippen molar-refractivity contribution in [2.45, 2.75) is 83.6 Å². The molecule has 0 spiro atoms. The molecule has 0 saturated carbocycles. The number of benzene rings is 2. The minimum Gasteiger partial charge on any atom is -0.471 e. The number of para-hydroxylation sites is 2. The van der Waals surface area contributed by atoms with E-state index in [0.717, 1.165) is 43.4 Å². The van der Waals surface area contributed by atoms with Crippen LogP contribution in [0, 0.1) is 0 Å². The predicted octanol–water partition coefficient (Wildman–Crippen LogP) is 6.24. The molecule has 0 aliphatic rings. The SMILES string of the molecule is CCCCCCCCCCCCC(=O)Nc1ccccc1OCNc1ccc(Cl)c(NC(=O)C(c2nc3ncncc3c(=O)n2S(=O)(=O)NC)n2ccccc2=O)c1. The molecule has 0 fully saturated rings. The van der Waals surface area contributed by atoms with Gasteiger partial charge >= 0.3 is 10.2 Å².